The van der Waals surface area contributed by atoms with Crippen molar-refractivity contribution in [3.05, 3.63) is 35.5 Å². The molecule has 0 saturated carbocycles. The summed E-state index contributed by atoms with van der Waals surface area (Å²) in [5.41, 5.74) is 7.89. The van der Waals surface area contributed by atoms with Gasteiger partial charge in [0.25, 0.3) is 0 Å². The molecule has 1 aromatic heterocycles. The van der Waals surface area contributed by atoms with E-state index in [0.29, 0.717) is 0 Å². The lowest BCUT2D eigenvalue weighted by atomic mass is 10.1. The van der Waals surface area contributed by atoms with Crippen LogP contribution in [0.2, 0.25) is 0 Å². The Morgan fingerprint density at radius 1 is 1.32 bits per heavy atom. The summed E-state index contributed by atoms with van der Waals surface area (Å²) in [6, 6.07) is 7.75. The van der Waals surface area contributed by atoms with Gasteiger partial charge in [-0.2, -0.15) is 4.68 Å². The minimum absolute atomic E-state index is 0.0430. The molecule has 100 valence electrons. The molecule has 0 amide bonds. The summed E-state index contributed by atoms with van der Waals surface area (Å²) < 4.78 is 6.28. The third kappa shape index (κ3) is 2.57. The van der Waals surface area contributed by atoms with Gasteiger partial charge in [0.15, 0.2) is 5.82 Å². The third-order valence-electron chi connectivity index (χ3n) is 2.76. The van der Waals surface area contributed by atoms with Gasteiger partial charge < -0.3 is 10.5 Å². The van der Waals surface area contributed by atoms with E-state index in [0.717, 1.165) is 12.1 Å². The molecule has 6 nitrogen and oxygen atoms in total. The summed E-state index contributed by atoms with van der Waals surface area (Å²) in [7, 11) is 0. The molecule has 0 spiro atoms. The lowest BCUT2D eigenvalue weighted by Crippen LogP contribution is -2.09. The molecule has 0 aliphatic heterocycles. The van der Waals surface area contributed by atoms with Crippen LogP contribution in [-0.2, 0) is 11.2 Å². The number of nitrogens with zero attached hydrogens (tertiary/aromatic N) is 3. The highest BCUT2D eigenvalue weighted by Crippen LogP contribution is 2.16. The monoisotopic (exact) mass is 260 g/mol. The molecular formula is C13H16N4O2. The van der Waals surface area contributed by atoms with Crippen LogP contribution >= 0.6 is 0 Å². The molecule has 0 atom stereocenters. The number of aromatic nitrogens is 3. The van der Waals surface area contributed by atoms with E-state index in [-0.39, 0.29) is 18.1 Å². The molecule has 19 heavy (non-hydrogen) atoms. The van der Waals surface area contributed by atoms with E-state index in [1.807, 2.05) is 24.3 Å². The summed E-state index contributed by atoms with van der Waals surface area (Å²) in [5, 5.41) is 7.65. The highest BCUT2D eigenvalue weighted by atomic mass is 16.5. The Balaban J connectivity index is 2.32. The van der Waals surface area contributed by atoms with Crippen molar-refractivity contribution in [1.29, 1.82) is 0 Å². The Hall–Kier alpha value is -2.37. The quantitative estimate of drug-likeness (QED) is 0.844. The second kappa shape index (κ2) is 5.51. The van der Waals surface area contributed by atoms with Gasteiger partial charge in [-0.05, 0) is 31.0 Å². The van der Waals surface area contributed by atoms with Crippen LogP contribution in [-0.4, -0.2) is 27.6 Å². The zero-order chi connectivity index (χ0) is 13.8. The smallest absolute Gasteiger partial charge is 0.362 e. The van der Waals surface area contributed by atoms with E-state index < -0.39 is 5.97 Å². The standard InChI is InChI=1S/C13H16N4O2/c1-3-9-5-7-10(8-6-9)17-12(14)11(15-16-17)13(18)19-4-2/h5-8H,3-4,14H2,1-2H3. The van der Waals surface area contributed by atoms with Gasteiger partial charge >= 0.3 is 5.97 Å². The van der Waals surface area contributed by atoms with E-state index in [1.54, 1.807) is 6.92 Å². The molecule has 2 aromatic rings. The van der Waals surface area contributed by atoms with Crippen molar-refractivity contribution in [2.24, 2.45) is 0 Å². The second-order valence-corrected chi connectivity index (χ2v) is 3.98. The number of nitrogens with two attached hydrogens (primary N) is 1. The first-order chi connectivity index (χ1) is 9.17. The highest BCUT2D eigenvalue weighted by Gasteiger charge is 2.19. The van der Waals surface area contributed by atoms with Gasteiger partial charge in [-0.1, -0.05) is 24.3 Å². The zero-order valence-corrected chi connectivity index (χ0v) is 11.0. The third-order valence-corrected chi connectivity index (χ3v) is 2.76. The molecule has 0 bridgehead atoms. The molecule has 0 saturated heterocycles. The van der Waals surface area contributed by atoms with Crippen LogP contribution in [0.15, 0.2) is 24.3 Å². The van der Waals surface area contributed by atoms with Gasteiger partial charge in [-0.3, -0.25) is 0 Å². The van der Waals surface area contributed by atoms with E-state index in [1.165, 1.54) is 10.2 Å². The Labute approximate surface area is 111 Å². The highest BCUT2D eigenvalue weighted by molar-refractivity contribution is 5.92. The van der Waals surface area contributed by atoms with Gasteiger partial charge in [-0.15, -0.1) is 5.10 Å². The average molecular weight is 260 g/mol. The van der Waals surface area contributed by atoms with Crippen LogP contribution in [0.25, 0.3) is 5.69 Å². The topological polar surface area (TPSA) is 83.0 Å². The van der Waals surface area contributed by atoms with Crippen molar-refractivity contribution in [1.82, 2.24) is 15.0 Å². The minimum Gasteiger partial charge on any atom is -0.461 e. The van der Waals surface area contributed by atoms with Gasteiger partial charge in [0.1, 0.15) is 0 Å². The molecule has 6 heteroatoms. The molecule has 1 heterocycles. The number of carbonyl (C=O) groups excluding carboxylic acids is 1. The number of nitrogen functional groups attached to an aromatic ring is 1. The fourth-order valence-electron chi connectivity index (χ4n) is 1.70. The van der Waals surface area contributed by atoms with Crippen molar-refractivity contribution >= 4 is 11.8 Å². The average Bonchev–Trinajstić information content (AvgIpc) is 2.81. The van der Waals surface area contributed by atoms with Crippen molar-refractivity contribution in [2.45, 2.75) is 20.3 Å². The summed E-state index contributed by atoms with van der Waals surface area (Å²) in [6.07, 6.45) is 0.960. The van der Waals surface area contributed by atoms with Crippen LogP contribution in [0.3, 0.4) is 0 Å². The maximum atomic E-state index is 11.6. The van der Waals surface area contributed by atoms with Crippen molar-refractivity contribution in [3.63, 3.8) is 0 Å². The number of rotatable bonds is 4. The molecule has 0 unspecified atom stereocenters. The molecule has 2 N–H and O–H groups in total. The number of benzene rings is 1. The molecule has 0 aliphatic rings. The summed E-state index contributed by atoms with van der Waals surface area (Å²) in [5.74, 6) is -0.376. The molecule has 1 aromatic carbocycles. The number of carbonyl (C=O) groups is 1. The minimum atomic E-state index is -0.559. The molecule has 0 aliphatic carbocycles. The van der Waals surface area contributed by atoms with E-state index in [9.17, 15) is 4.79 Å². The SMILES string of the molecule is CCOC(=O)c1nnn(-c2ccc(CC)cc2)c1N. The predicted octanol–water partition coefficient (Wildman–Crippen LogP) is 1.59. The van der Waals surface area contributed by atoms with Crippen molar-refractivity contribution < 1.29 is 9.53 Å². The number of aryl methyl sites for hydroxylation is 1. The largest absolute Gasteiger partial charge is 0.461 e. The molecular weight excluding hydrogens is 244 g/mol. The Bertz CT molecular complexity index is 575. The Morgan fingerprint density at radius 3 is 2.58 bits per heavy atom. The van der Waals surface area contributed by atoms with Gasteiger partial charge in [0.05, 0.1) is 12.3 Å². The summed E-state index contributed by atoms with van der Waals surface area (Å²) >= 11 is 0. The molecule has 0 radical (unpaired) electrons. The Morgan fingerprint density at radius 2 is 2.00 bits per heavy atom. The number of anilines is 1. The fourth-order valence-corrected chi connectivity index (χ4v) is 1.70. The maximum absolute atomic E-state index is 11.6. The van der Waals surface area contributed by atoms with Crippen LogP contribution in [0.4, 0.5) is 5.82 Å². The van der Waals surface area contributed by atoms with E-state index in [2.05, 4.69) is 17.2 Å². The van der Waals surface area contributed by atoms with Gasteiger partial charge in [0, 0.05) is 0 Å². The van der Waals surface area contributed by atoms with Crippen molar-refractivity contribution in [3.8, 4) is 5.69 Å². The first-order valence-corrected chi connectivity index (χ1v) is 6.15. The number of hydrogen-bond donors (Lipinski definition) is 1. The normalized spacial score (nSPS) is 10.4. The number of ether oxygens (including phenoxy) is 1. The molecule has 2 rings (SSSR count). The fraction of sp³-hybridized carbons (Fsp3) is 0.308. The van der Waals surface area contributed by atoms with Crippen LogP contribution in [0, 0.1) is 0 Å². The summed E-state index contributed by atoms with van der Waals surface area (Å²) in [6.45, 7) is 4.08. The van der Waals surface area contributed by atoms with Crippen LogP contribution < -0.4 is 5.73 Å². The first-order valence-electron chi connectivity index (χ1n) is 6.15. The lowest BCUT2D eigenvalue weighted by molar-refractivity contribution is 0.0520. The predicted molar refractivity (Wildman–Crippen MR) is 71.1 cm³/mol. The second-order valence-electron chi connectivity index (χ2n) is 3.98. The van der Waals surface area contributed by atoms with E-state index in [4.69, 9.17) is 10.5 Å². The number of hydrogen-bond acceptors (Lipinski definition) is 5. The van der Waals surface area contributed by atoms with Crippen molar-refractivity contribution in [2.75, 3.05) is 12.3 Å². The maximum Gasteiger partial charge on any atom is 0.362 e. The van der Waals surface area contributed by atoms with Gasteiger partial charge in [-0.25, -0.2) is 4.79 Å². The molecule has 0 fully saturated rings. The van der Waals surface area contributed by atoms with Crippen LogP contribution in [0.5, 0.6) is 0 Å². The Kier molecular flexibility index (Phi) is 3.79. The van der Waals surface area contributed by atoms with E-state index >= 15 is 0 Å². The zero-order valence-electron chi connectivity index (χ0n) is 11.0. The van der Waals surface area contributed by atoms with Crippen LogP contribution in [0.1, 0.15) is 29.9 Å². The number of esters is 1. The first kappa shape index (κ1) is 13.1. The summed E-state index contributed by atoms with van der Waals surface area (Å²) in [4.78, 5) is 11.6. The van der Waals surface area contributed by atoms with Gasteiger partial charge in [0.2, 0.25) is 5.69 Å². The lowest BCUT2D eigenvalue weighted by Gasteiger charge is -2.04.